The quantitative estimate of drug-likeness (QED) is 0.872. The second-order valence-corrected chi connectivity index (χ2v) is 5.41. The first-order valence-electron chi connectivity index (χ1n) is 7.35. The molecular formula is C15H17N5O3. The lowest BCUT2D eigenvalue weighted by atomic mass is 10.1. The molecule has 0 bridgehead atoms. The molecule has 2 amide bonds. The molecule has 1 unspecified atom stereocenters. The van der Waals surface area contributed by atoms with E-state index in [0.717, 1.165) is 5.56 Å². The van der Waals surface area contributed by atoms with Gasteiger partial charge in [-0.15, -0.1) is 0 Å². The van der Waals surface area contributed by atoms with Crippen molar-refractivity contribution in [3.63, 3.8) is 0 Å². The van der Waals surface area contributed by atoms with E-state index in [1.807, 2.05) is 13.0 Å². The molecular weight excluding hydrogens is 298 g/mol. The van der Waals surface area contributed by atoms with Gasteiger partial charge in [-0.1, -0.05) is 11.2 Å². The van der Waals surface area contributed by atoms with Crippen LogP contribution in [0.25, 0.3) is 0 Å². The van der Waals surface area contributed by atoms with Gasteiger partial charge in [-0.3, -0.25) is 14.6 Å². The Bertz CT molecular complexity index is 742. The molecule has 0 saturated carbocycles. The number of rotatable bonds is 3. The van der Waals surface area contributed by atoms with Gasteiger partial charge in [0.05, 0.1) is 6.42 Å². The third-order valence-electron chi connectivity index (χ3n) is 3.74. The van der Waals surface area contributed by atoms with E-state index in [1.165, 1.54) is 4.90 Å². The molecule has 3 heterocycles. The Morgan fingerprint density at radius 2 is 2.30 bits per heavy atom. The first-order chi connectivity index (χ1) is 11.1. The number of aryl methyl sites for hydroxylation is 2. The molecule has 8 nitrogen and oxygen atoms in total. The number of hydrogen-bond acceptors (Lipinski definition) is 6. The van der Waals surface area contributed by atoms with Crippen molar-refractivity contribution in [1.29, 1.82) is 0 Å². The Labute approximate surface area is 132 Å². The fourth-order valence-corrected chi connectivity index (χ4v) is 2.59. The number of carbonyl (C=O) groups excluding carboxylic acids is 2. The van der Waals surface area contributed by atoms with Crippen molar-refractivity contribution in [3.05, 3.63) is 41.3 Å². The Morgan fingerprint density at radius 3 is 3.00 bits per heavy atom. The normalized spacial score (nSPS) is 17.9. The maximum atomic E-state index is 12.8. The summed E-state index contributed by atoms with van der Waals surface area (Å²) in [6.45, 7) is 4.35. The number of nitrogens with one attached hydrogen (secondary N) is 1. The lowest BCUT2D eigenvalue weighted by molar-refractivity contribution is -0.128. The van der Waals surface area contributed by atoms with Gasteiger partial charge >= 0.3 is 0 Å². The fourth-order valence-electron chi connectivity index (χ4n) is 2.59. The standard InChI is InChI=1S/C15H17N5O3/c1-9-4-3-5-16-13(9)15(22)20-7-6-17-14(21)11(20)8-12-18-10(2)19-23-12/h3-5,11H,6-8H2,1-2H3,(H,17,21). The molecule has 0 aliphatic carbocycles. The van der Waals surface area contributed by atoms with Gasteiger partial charge in [-0.2, -0.15) is 4.98 Å². The summed E-state index contributed by atoms with van der Waals surface area (Å²) in [7, 11) is 0. The van der Waals surface area contributed by atoms with Crippen molar-refractivity contribution in [1.82, 2.24) is 25.3 Å². The molecule has 8 heteroatoms. The van der Waals surface area contributed by atoms with E-state index in [2.05, 4.69) is 20.4 Å². The second-order valence-electron chi connectivity index (χ2n) is 5.41. The molecule has 1 saturated heterocycles. The van der Waals surface area contributed by atoms with Crippen molar-refractivity contribution in [2.75, 3.05) is 13.1 Å². The van der Waals surface area contributed by atoms with Gasteiger partial charge in [0, 0.05) is 19.3 Å². The minimum Gasteiger partial charge on any atom is -0.353 e. The van der Waals surface area contributed by atoms with E-state index in [1.54, 1.807) is 19.2 Å². The lowest BCUT2D eigenvalue weighted by Gasteiger charge is -2.34. The fraction of sp³-hybridized carbons (Fsp3) is 0.400. The van der Waals surface area contributed by atoms with E-state index in [0.29, 0.717) is 30.5 Å². The zero-order valence-corrected chi connectivity index (χ0v) is 12.9. The summed E-state index contributed by atoms with van der Waals surface area (Å²) in [4.78, 5) is 34.8. The zero-order valence-electron chi connectivity index (χ0n) is 12.9. The van der Waals surface area contributed by atoms with E-state index in [9.17, 15) is 9.59 Å². The molecule has 0 aromatic carbocycles. The largest absolute Gasteiger partial charge is 0.353 e. The number of amides is 2. The van der Waals surface area contributed by atoms with Crippen molar-refractivity contribution in [3.8, 4) is 0 Å². The Kier molecular flexibility index (Phi) is 4.05. The molecule has 0 spiro atoms. The van der Waals surface area contributed by atoms with Crippen LogP contribution < -0.4 is 5.32 Å². The molecule has 1 N–H and O–H groups in total. The van der Waals surface area contributed by atoms with Gasteiger partial charge in [0.1, 0.15) is 11.7 Å². The summed E-state index contributed by atoms with van der Waals surface area (Å²) in [6.07, 6.45) is 1.75. The zero-order chi connectivity index (χ0) is 16.4. The SMILES string of the molecule is Cc1noc(CC2C(=O)NCCN2C(=O)c2ncccc2C)n1. The Morgan fingerprint density at radius 1 is 1.48 bits per heavy atom. The number of piperazine rings is 1. The van der Waals surface area contributed by atoms with E-state index in [-0.39, 0.29) is 18.2 Å². The lowest BCUT2D eigenvalue weighted by Crippen LogP contribution is -2.58. The molecule has 120 valence electrons. The Hall–Kier alpha value is -2.77. The highest BCUT2D eigenvalue weighted by Crippen LogP contribution is 2.16. The first kappa shape index (κ1) is 15.1. The maximum Gasteiger partial charge on any atom is 0.273 e. The Balaban J connectivity index is 1.87. The molecule has 0 radical (unpaired) electrons. The minimum absolute atomic E-state index is 0.185. The number of nitrogens with zero attached hydrogens (tertiary/aromatic N) is 4. The van der Waals surface area contributed by atoms with Gasteiger partial charge < -0.3 is 14.7 Å². The van der Waals surface area contributed by atoms with Crippen molar-refractivity contribution < 1.29 is 14.1 Å². The van der Waals surface area contributed by atoms with Crippen LogP contribution in [0.3, 0.4) is 0 Å². The van der Waals surface area contributed by atoms with Gasteiger partial charge in [0.15, 0.2) is 5.82 Å². The van der Waals surface area contributed by atoms with Crippen molar-refractivity contribution >= 4 is 11.8 Å². The van der Waals surface area contributed by atoms with Crippen LogP contribution in [0.2, 0.25) is 0 Å². The molecule has 23 heavy (non-hydrogen) atoms. The van der Waals surface area contributed by atoms with Gasteiger partial charge in [-0.05, 0) is 25.5 Å². The number of hydrogen-bond donors (Lipinski definition) is 1. The number of carbonyl (C=O) groups is 2. The van der Waals surface area contributed by atoms with Crippen LogP contribution in [-0.4, -0.2) is 51.0 Å². The molecule has 3 rings (SSSR count). The summed E-state index contributed by atoms with van der Waals surface area (Å²) in [5.74, 6) is 0.336. The maximum absolute atomic E-state index is 12.8. The topological polar surface area (TPSA) is 101 Å². The van der Waals surface area contributed by atoms with E-state index in [4.69, 9.17) is 4.52 Å². The second kappa shape index (κ2) is 6.15. The highest BCUT2D eigenvalue weighted by molar-refractivity contribution is 5.97. The molecule has 1 aliphatic rings. The van der Waals surface area contributed by atoms with Crippen LogP contribution in [-0.2, 0) is 11.2 Å². The van der Waals surface area contributed by atoms with E-state index < -0.39 is 6.04 Å². The van der Waals surface area contributed by atoms with Crippen LogP contribution in [0.15, 0.2) is 22.9 Å². The van der Waals surface area contributed by atoms with Crippen LogP contribution >= 0.6 is 0 Å². The molecule has 2 aromatic rings. The van der Waals surface area contributed by atoms with Crippen LogP contribution in [0.5, 0.6) is 0 Å². The summed E-state index contributed by atoms with van der Waals surface area (Å²) in [5, 5.41) is 6.48. The average molecular weight is 315 g/mol. The van der Waals surface area contributed by atoms with Crippen molar-refractivity contribution in [2.24, 2.45) is 0 Å². The first-order valence-corrected chi connectivity index (χ1v) is 7.35. The van der Waals surface area contributed by atoms with E-state index >= 15 is 0 Å². The number of aromatic nitrogens is 3. The summed E-state index contributed by atoms with van der Waals surface area (Å²) in [6, 6.07) is 2.91. The summed E-state index contributed by atoms with van der Waals surface area (Å²) < 4.78 is 5.08. The van der Waals surface area contributed by atoms with Gasteiger partial charge in [0.2, 0.25) is 11.8 Å². The predicted molar refractivity (Wildman–Crippen MR) is 79.5 cm³/mol. The molecule has 1 fully saturated rings. The molecule has 2 aromatic heterocycles. The molecule has 1 aliphatic heterocycles. The van der Waals surface area contributed by atoms with Gasteiger partial charge in [0.25, 0.3) is 5.91 Å². The summed E-state index contributed by atoms with van der Waals surface area (Å²) in [5.41, 5.74) is 1.13. The van der Waals surface area contributed by atoms with Crippen LogP contribution in [0.4, 0.5) is 0 Å². The van der Waals surface area contributed by atoms with Crippen molar-refractivity contribution in [2.45, 2.75) is 26.3 Å². The minimum atomic E-state index is -0.683. The highest BCUT2D eigenvalue weighted by atomic mass is 16.5. The molecule has 1 atom stereocenters. The van der Waals surface area contributed by atoms with Gasteiger partial charge in [-0.25, -0.2) is 0 Å². The highest BCUT2D eigenvalue weighted by Gasteiger charge is 2.35. The third-order valence-corrected chi connectivity index (χ3v) is 3.74. The predicted octanol–water partition coefficient (Wildman–Crippen LogP) is 0.265. The van der Waals surface area contributed by atoms with Crippen LogP contribution in [0, 0.1) is 13.8 Å². The average Bonchev–Trinajstić information content (AvgIpc) is 2.94. The monoisotopic (exact) mass is 315 g/mol. The summed E-state index contributed by atoms with van der Waals surface area (Å²) >= 11 is 0. The van der Waals surface area contributed by atoms with Crippen LogP contribution in [0.1, 0.15) is 27.8 Å². The smallest absolute Gasteiger partial charge is 0.273 e. The number of pyridine rings is 1. The third kappa shape index (κ3) is 3.05.